The van der Waals surface area contributed by atoms with Gasteiger partial charge in [-0.05, 0) is 62.2 Å². The Labute approximate surface area is 196 Å². The van der Waals surface area contributed by atoms with Crippen molar-refractivity contribution < 1.29 is 13.9 Å². The van der Waals surface area contributed by atoms with Crippen LogP contribution < -0.4 is 10.1 Å². The number of hydrogen-bond acceptors (Lipinski definition) is 5. The predicted octanol–water partition coefficient (Wildman–Crippen LogP) is 4.78. The Morgan fingerprint density at radius 3 is 2.38 bits per heavy atom. The van der Waals surface area contributed by atoms with Crippen LogP contribution in [-0.4, -0.2) is 25.7 Å². The van der Waals surface area contributed by atoms with Gasteiger partial charge < -0.3 is 10.1 Å². The van der Waals surface area contributed by atoms with E-state index in [9.17, 15) is 9.18 Å². The first kappa shape index (κ1) is 21.8. The van der Waals surface area contributed by atoms with E-state index in [-0.39, 0.29) is 17.6 Å². The molecule has 1 N–H and O–H groups in total. The molecule has 8 heteroatoms. The maximum Gasteiger partial charge on any atom is 0.252 e. The number of hydrogen-bond donors (Lipinski definition) is 1. The van der Waals surface area contributed by atoms with Gasteiger partial charge in [0, 0.05) is 29.3 Å². The summed E-state index contributed by atoms with van der Waals surface area (Å²) in [6.07, 6.45) is 0.322. The van der Waals surface area contributed by atoms with Crippen molar-refractivity contribution in [3.8, 4) is 11.7 Å². The standard InChI is InChI=1S/C26H24FN5O2/c1-15-12-16(2)29-26(28-15)32-25-24(17(3)31-32)22(13-23(33)30-25)19-6-10-21(11-7-19)34-14-18-4-8-20(27)9-5-18/h4-12,22H,13-14H2,1-3H3,(H,30,33)/t22-/m1/s1. The average Bonchev–Trinajstić information content (AvgIpc) is 3.14. The van der Waals surface area contributed by atoms with Gasteiger partial charge in [-0.2, -0.15) is 9.78 Å². The quantitative estimate of drug-likeness (QED) is 0.466. The normalized spacial score (nSPS) is 15.1. The number of carbonyl (C=O) groups excluding carboxylic acids is 1. The molecular formula is C26H24FN5O2. The molecular weight excluding hydrogens is 433 g/mol. The number of fused-ring (bicyclic) bond motifs is 1. The van der Waals surface area contributed by atoms with Gasteiger partial charge in [0.2, 0.25) is 5.91 Å². The number of rotatable bonds is 5. The highest BCUT2D eigenvalue weighted by Crippen LogP contribution is 2.40. The number of amides is 1. The molecule has 0 aliphatic carbocycles. The van der Waals surface area contributed by atoms with Crippen molar-refractivity contribution in [1.82, 2.24) is 19.7 Å². The first-order chi connectivity index (χ1) is 16.4. The van der Waals surface area contributed by atoms with Gasteiger partial charge in [0.15, 0.2) is 0 Å². The summed E-state index contributed by atoms with van der Waals surface area (Å²) >= 11 is 0. The van der Waals surface area contributed by atoms with E-state index in [1.54, 1.807) is 16.8 Å². The lowest BCUT2D eigenvalue weighted by Gasteiger charge is -2.24. The largest absolute Gasteiger partial charge is 0.489 e. The SMILES string of the molecule is Cc1cc(C)nc(-n2nc(C)c3c2NC(=O)C[C@@H]3c2ccc(OCc3ccc(F)cc3)cc2)n1. The molecule has 5 rings (SSSR count). The number of nitrogens with one attached hydrogen (secondary N) is 1. The van der Waals surface area contributed by atoms with Gasteiger partial charge in [0.1, 0.15) is 24.0 Å². The third-order valence-corrected chi connectivity index (χ3v) is 5.86. The lowest BCUT2D eigenvalue weighted by Crippen LogP contribution is -2.25. The van der Waals surface area contributed by atoms with Crippen LogP contribution in [0.2, 0.25) is 0 Å². The van der Waals surface area contributed by atoms with Crippen LogP contribution in [0.15, 0.2) is 54.6 Å². The molecule has 1 aliphatic rings. The van der Waals surface area contributed by atoms with E-state index in [1.807, 2.05) is 51.1 Å². The fraction of sp³-hybridized carbons (Fsp3) is 0.231. The van der Waals surface area contributed by atoms with E-state index >= 15 is 0 Å². The van der Waals surface area contributed by atoms with E-state index in [0.29, 0.717) is 30.5 Å². The number of anilines is 1. The molecule has 1 amide bonds. The van der Waals surface area contributed by atoms with Crippen molar-refractivity contribution in [3.05, 3.63) is 94.2 Å². The molecule has 2 aromatic carbocycles. The van der Waals surface area contributed by atoms with Crippen LogP contribution in [-0.2, 0) is 11.4 Å². The van der Waals surface area contributed by atoms with Gasteiger partial charge in [0.25, 0.3) is 5.95 Å². The smallest absolute Gasteiger partial charge is 0.252 e. The van der Waals surface area contributed by atoms with Gasteiger partial charge >= 0.3 is 0 Å². The van der Waals surface area contributed by atoms with Crippen LogP contribution in [0.5, 0.6) is 5.75 Å². The molecule has 172 valence electrons. The summed E-state index contributed by atoms with van der Waals surface area (Å²) in [5.74, 6) is 1.25. The molecule has 3 heterocycles. The Kier molecular flexibility index (Phi) is 5.57. The van der Waals surface area contributed by atoms with Crippen molar-refractivity contribution in [3.63, 3.8) is 0 Å². The maximum atomic E-state index is 13.1. The average molecular weight is 458 g/mol. The molecule has 2 aromatic heterocycles. The Hall–Kier alpha value is -4.07. The molecule has 0 saturated heterocycles. The van der Waals surface area contributed by atoms with Crippen LogP contribution >= 0.6 is 0 Å². The lowest BCUT2D eigenvalue weighted by atomic mass is 9.86. The second-order valence-corrected chi connectivity index (χ2v) is 8.50. The summed E-state index contributed by atoms with van der Waals surface area (Å²) in [4.78, 5) is 21.7. The van der Waals surface area contributed by atoms with Gasteiger partial charge in [0.05, 0.1) is 5.69 Å². The first-order valence-corrected chi connectivity index (χ1v) is 11.1. The molecule has 0 fully saturated rings. The Morgan fingerprint density at radius 1 is 1.03 bits per heavy atom. The summed E-state index contributed by atoms with van der Waals surface area (Å²) < 4.78 is 20.5. The summed E-state index contributed by atoms with van der Waals surface area (Å²) in [5.41, 5.74) is 5.32. The minimum atomic E-state index is -0.272. The van der Waals surface area contributed by atoms with Gasteiger partial charge in [-0.15, -0.1) is 0 Å². The molecule has 0 bridgehead atoms. The maximum absolute atomic E-state index is 13.1. The van der Waals surface area contributed by atoms with E-state index in [4.69, 9.17) is 4.74 Å². The van der Waals surface area contributed by atoms with E-state index in [2.05, 4.69) is 20.4 Å². The number of carbonyl (C=O) groups is 1. The zero-order chi connectivity index (χ0) is 23.8. The highest BCUT2D eigenvalue weighted by molar-refractivity contribution is 5.95. The van der Waals surface area contributed by atoms with E-state index in [0.717, 1.165) is 33.8 Å². The van der Waals surface area contributed by atoms with Crippen molar-refractivity contribution in [2.45, 2.75) is 39.7 Å². The zero-order valence-corrected chi connectivity index (χ0v) is 19.2. The van der Waals surface area contributed by atoms with Gasteiger partial charge in [-0.3, -0.25) is 4.79 Å². The second kappa shape index (κ2) is 8.70. The fourth-order valence-electron chi connectivity index (χ4n) is 4.32. The molecule has 34 heavy (non-hydrogen) atoms. The van der Waals surface area contributed by atoms with Gasteiger partial charge in [-0.25, -0.2) is 14.4 Å². The minimum Gasteiger partial charge on any atom is -0.489 e. The summed E-state index contributed by atoms with van der Waals surface area (Å²) in [6.45, 7) is 6.09. The van der Waals surface area contributed by atoms with E-state index in [1.165, 1.54) is 12.1 Å². The first-order valence-electron chi connectivity index (χ1n) is 11.1. The fourth-order valence-corrected chi connectivity index (χ4v) is 4.32. The van der Waals surface area contributed by atoms with Crippen LogP contribution in [0.25, 0.3) is 5.95 Å². The Balaban J connectivity index is 1.42. The number of aromatic nitrogens is 4. The number of halogens is 1. The summed E-state index contributed by atoms with van der Waals surface area (Å²) in [7, 11) is 0. The highest BCUT2D eigenvalue weighted by Gasteiger charge is 2.33. The summed E-state index contributed by atoms with van der Waals surface area (Å²) in [5, 5.41) is 7.64. The van der Waals surface area contributed by atoms with Crippen LogP contribution in [0.1, 0.15) is 46.1 Å². The summed E-state index contributed by atoms with van der Waals surface area (Å²) in [6, 6.07) is 15.8. The Morgan fingerprint density at radius 2 is 1.71 bits per heavy atom. The number of ether oxygens (including phenoxy) is 1. The van der Waals surface area contributed by atoms with Crippen LogP contribution in [0.4, 0.5) is 10.2 Å². The molecule has 7 nitrogen and oxygen atoms in total. The predicted molar refractivity (Wildman–Crippen MR) is 126 cm³/mol. The number of aryl methyl sites for hydroxylation is 3. The van der Waals surface area contributed by atoms with Crippen molar-refractivity contribution in [2.75, 3.05) is 5.32 Å². The zero-order valence-electron chi connectivity index (χ0n) is 19.2. The van der Waals surface area contributed by atoms with Gasteiger partial charge in [-0.1, -0.05) is 24.3 Å². The number of nitrogens with zero attached hydrogens (tertiary/aromatic N) is 4. The molecule has 4 aromatic rings. The topological polar surface area (TPSA) is 81.9 Å². The van der Waals surface area contributed by atoms with Crippen molar-refractivity contribution >= 4 is 11.7 Å². The molecule has 0 saturated carbocycles. The number of benzene rings is 2. The second-order valence-electron chi connectivity index (χ2n) is 8.50. The molecule has 1 aliphatic heterocycles. The van der Waals surface area contributed by atoms with E-state index < -0.39 is 0 Å². The monoisotopic (exact) mass is 457 g/mol. The molecule has 0 radical (unpaired) electrons. The highest BCUT2D eigenvalue weighted by atomic mass is 19.1. The minimum absolute atomic E-state index is 0.0836. The molecule has 1 atom stereocenters. The Bertz CT molecular complexity index is 1340. The van der Waals surface area contributed by atoms with Crippen LogP contribution in [0.3, 0.4) is 0 Å². The molecule has 0 spiro atoms. The lowest BCUT2D eigenvalue weighted by molar-refractivity contribution is -0.116. The molecule has 0 unspecified atom stereocenters. The third-order valence-electron chi connectivity index (χ3n) is 5.86. The van der Waals surface area contributed by atoms with Crippen molar-refractivity contribution in [1.29, 1.82) is 0 Å². The third kappa shape index (κ3) is 4.26. The van der Waals surface area contributed by atoms with Crippen LogP contribution in [0, 0.1) is 26.6 Å². The van der Waals surface area contributed by atoms with Crippen molar-refractivity contribution in [2.24, 2.45) is 0 Å².